The monoisotopic (exact) mass is 271 g/mol. The lowest BCUT2D eigenvalue weighted by atomic mass is 9.91. The van der Waals surface area contributed by atoms with Crippen molar-refractivity contribution in [3.8, 4) is 0 Å². The van der Waals surface area contributed by atoms with Crippen LogP contribution in [0.3, 0.4) is 0 Å². The summed E-state index contributed by atoms with van der Waals surface area (Å²) in [5.74, 6) is -2.21. The van der Waals surface area contributed by atoms with E-state index in [-0.39, 0.29) is 17.9 Å². The molecular formula is C11H13NO7. The minimum atomic E-state index is -2.21. The summed E-state index contributed by atoms with van der Waals surface area (Å²) >= 11 is 0. The second-order valence-corrected chi connectivity index (χ2v) is 4.31. The molecule has 8 nitrogen and oxygen atoms in total. The second kappa shape index (κ2) is 4.83. The summed E-state index contributed by atoms with van der Waals surface area (Å²) in [4.78, 5) is 9.91. The molecule has 4 atom stereocenters. The molecule has 0 amide bonds. The van der Waals surface area contributed by atoms with Gasteiger partial charge >= 0.3 is 0 Å². The van der Waals surface area contributed by atoms with Crippen molar-refractivity contribution in [2.75, 3.05) is 6.61 Å². The van der Waals surface area contributed by atoms with Crippen molar-refractivity contribution in [2.24, 2.45) is 0 Å². The van der Waals surface area contributed by atoms with E-state index in [2.05, 4.69) is 0 Å². The van der Waals surface area contributed by atoms with Crippen molar-refractivity contribution in [3.63, 3.8) is 0 Å². The Morgan fingerprint density at radius 2 is 1.84 bits per heavy atom. The van der Waals surface area contributed by atoms with Crippen LogP contribution in [0.15, 0.2) is 24.3 Å². The summed E-state index contributed by atoms with van der Waals surface area (Å²) in [6.45, 7) is -0.369. The van der Waals surface area contributed by atoms with Gasteiger partial charge in [0.1, 0.15) is 18.3 Å². The number of hydrogen-bond acceptors (Lipinski definition) is 7. The summed E-state index contributed by atoms with van der Waals surface area (Å²) in [5.41, 5.74) is -0.130. The zero-order valence-electron chi connectivity index (χ0n) is 9.71. The Morgan fingerprint density at radius 3 is 2.37 bits per heavy atom. The first-order valence-electron chi connectivity index (χ1n) is 5.51. The quantitative estimate of drug-likeness (QED) is 0.394. The number of nitro groups is 1. The number of ether oxygens (including phenoxy) is 1. The summed E-state index contributed by atoms with van der Waals surface area (Å²) in [6.07, 6.45) is -4.65. The van der Waals surface area contributed by atoms with Gasteiger partial charge in [-0.2, -0.15) is 0 Å². The van der Waals surface area contributed by atoms with Gasteiger partial charge in [0.25, 0.3) is 5.69 Å². The number of nitrogens with zero attached hydrogens (tertiary/aromatic N) is 1. The first-order valence-corrected chi connectivity index (χ1v) is 5.51. The number of aliphatic hydroxyl groups excluding tert-OH is 3. The Morgan fingerprint density at radius 1 is 1.26 bits per heavy atom. The second-order valence-electron chi connectivity index (χ2n) is 4.31. The molecule has 0 unspecified atom stereocenters. The molecule has 1 heterocycles. The van der Waals surface area contributed by atoms with Crippen molar-refractivity contribution >= 4 is 5.69 Å². The van der Waals surface area contributed by atoms with Gasteiger partial charge < -0.3 is 25.2 Å². The highest BCUT2D eigenvalue weighted by atomic mass is 16.6. The van der Waals surface area contributed by atoms with Crippen molar-refractivity contribution < 1.29 is 30.1 Å². The van der Waals surface area contributed by atoms with Gasteiger partial charge in [-0.3, -0.25) is 10.1 Å². The van der Waals surface area contributed by atoms with Crippen molar-refractivity contribution in [1.29, 1.82) is 0 Å². The Hall–Kier alpha value is -1.58. The van der Waals surface area contributed by atoms with E-state index >= 15 is 0 Å². The molecule has 1 aromatic carbocycles. The van der Waals surface area contributed by atoms with E-state index in [9.17, 15) is 30.5 Å². The number of hydrogen-bond donors (Lipinski definition) is 4. The minimum Gasteiger partial charge on any atom is -0.388 e. The predicted octanol–water partition coefficient (Wildman–Crippen LogP) is -1.15. The molecule has 19 heavy (non-hydrogen) atoms. The molecule has 1 aromatic rings. The molecule has 1 aliphatic rings. The summed E-state index contributed by atoms with van der Waals surface area (Å²) in [7, 11) is 0. The smallest absolute Gasteiger partial charge is 0.269 e. The van der Waals surface area contributed by atoms with E-state index < -0.39 is 29.0 Å². The first kappa shape index (κ1) is 13.8. The van der Waals surface area contributed by atoms with E-state index in [0.717, 1.165) is 12.1 Å². The van der Waals surface area contributed by atoms with Crippen LogP contribution in [0.4, 0.5) is 5.69 Å². The van der Waals surface area contributed by atoms with Crippen molar-refractivity contribution in [2.45, 2.75) is 24.1 Å². The molecule has 0 spiro atoms. The normalized spacial score (nSPS) is 35.1. The number of benzene rings is 1. The van der Waals surface area contributed by atoms with Crippen LogP contribution in [0.25, 0.3) is 0 Å². The third kappa shape index (κ3) is 2.31. The predicted molar refractivity (Wildman–Crippen MR) is 61.0 cm³/mol. The molecule has 1 aliphatic heterocycles. The lowest BCUT2D eigenvalue weighted by Crippen LogP contribution is -2.58. The van der Waals surface area contributed by atoms with Gasteiger partial charge in [0.2, 0.25) is 5.79 Å². The fourth-order valence-electron chi connectivity index (χ4n) is 1.91. The van der Waals surface area contributed by atoms with Crippen LogP contribution in [0.5, 0.6) is 0 Å². The maximum atomic E-state index is 10.5. The lowest BCUT2D eigenvalue weighted by molar-refractivity contribution is -0.385. The highest BCUT2D eigenvalue weighted by Gasteiger charge is 2.49. The largest absolute Gasteiger partial charge is 0.388 e. The van der Waals surface area contributed by atoms with Crippen molar-refractivity contribution in [1.82, 2.24) is 0 Å². The number of nitro benzene ring substituents is 1. The van der Waals surface area contributed by atoms with Crippen LogP contribution in [0, 0.1) is 10.1 Å². The maximum Gasteiger partial charge on any atom is 0.269 e. The van der Waals surface area contributed by atoms with Gasteiger partial charge in [-0.15, -0.1) is 0 Å². The molecular weight excluding hydrogens is 258 g/mol. The van der Waals surface area contributed by atoms with E-state index in [1.54, 1.807) is 0 Å². The average molecular weight is 271 g/mol. The highest BCUT2D eigenvalue weighted by molar-refractivity contribution is 5.35. The lowest BCUT2D eigenvalue weighted by Gasteiger charge is -2.41. The standard InChI is InChI=1S/C11H13NO7/c13-8-5-19-11(16,10(15)9(8)14)6-1-3-7(4-2-6)12(17)18/h1-4,8-10,13-16H,5H2/t8-,9-,10+,11-/m1/s1. The molecule has 0 radical (unpaired) electrons. The van der Waals surface area contributed by atoms with Crippen molar-refractivity contribution in [3.05, 3.63) is 39.9 Å². The van der Waals surface area contributed by atoms with Crippen LogP contribution in [0.1, 0.15) is 5.56 Å². The molecule has 0 saturated carbocycles. The van der Waals surface area contributed by atoms with Crippen LogP contribution >= 0.6 is 0 Å². The van der Waals surface area contributed by atoms with E-state index in [1.807, 2.05) is 0 Å². The minimum absolute atomic E-state index is 0.0524. The van der Waals surface area contributed by atoms with Crippen LogP contribution in [-0.4, -0.2) is 50.3 Å². The molecule has 1 fully saturated rings. The number of non-ortho nitro benzene ring substituents is 1. The Kier molecular flexibility index (Phi) is 3.52. The van der Waals surface area contributed by atoms with Gasteiger partial charge in [-0.05, 0) is 12.1 Å². The third-order valence-electron chi connectivity index (χ3n) is 3.08. The van der Waals surface area contributed by atoms with Crippen LogP contribution in [-0.2, 0) is 10.5 Å². The zero-order chi connectivity index (χ0) is 14.2. The highest BCUT2D eigenvalue weighted by Crippen LogP contribution is 2.34. The van der Waals surface area contributed by atoms with E-state index in [1.165, 1.54) is 12.1 Å². The Balaban J connectivity index is 2.31. The number of aliphatic hydroxyl groups is 4. The summed E-state index contributed by atoms with van der Waals surface area (Å²) < 4.78 is 4.97. The van der Waals surface area contributed by atoms with Crippen LogP contribution < -0.4 is 0 Å². The molecule has 104 valence electrons. The Bertz CT molecular complexity index is 476. The van der Waals surface area contributed by atoms with Gasteiger partial charge in [-0.25, -0.2) is 0 Å². The molecule has 4 N–H and O–H groups in total. The maximum absolute atomic E-state index is 10.5. The van der Waals surface area contributed by atoms with Gasteiger partial charge in [0.15, 0.2) is 0 Å². The summed E-state index contributed by atoms with van der Waals surface area (Å²) in [6, 6.07) is 4.71. The SMILES string of the molecule is O=[N+]([O-])c1ccc([C@@]2(O)OC[C@@H](O)[C@@H](O)[C@@H]2O)cc1. The molecule has 1 saturated heterocycles. The molecule has 8 heteroatoms. The van der Waals surface area contributed by atoms with Gasteiger partial charge in [0, 0.05) is 17.7 Å². The van der Waals surface area contributed by atoms with E-state index in [4.69, 9.17) is 4.74 Å². The average Bonchev–Trinajstić information content (AvgIpc) is 2.41. The zero-order valence-corrected chi connectivity index (χ0v) is 9.71. The molecule has 0 aromatic heterocycles. The number of rotatable bonds is 2. The van der Waals surface area contributed by atoms with Gasteiger partial charge in [-0.1, -0.05) is 0 Å². The van der Waals surface area contributed by atoms with E-state index in [0.29, 0.717) is 0 Å². The first-order chi connectivity index (χ1) is 8.86. The molecule has 0 bridgehead atoms. The van der Waals surface area contributed by atoms with Gasteiger partial charge in [0.05, 0.1) is 11.5 Å². The van der Waals surface area contributed by atoms with Crippen LogP contribution in [0.2, 0.25) is 0 Å². The third-order valence-corrected chi connectivity index (χ3v) is 3.08. The fraction of sp³-hybridized carbons (Fsp3) is 0.455. The summed E-state index contributed by atoms with van der Waals surface area (Å²) in [5, 5.41) is 49.4. The molecule has 2 rings (SSSR count). The Labute approximate surface area is 107 Å². The topological polar surface area (TPSA) is 133 Å². The fourth-order valence-corrected chi connectivity index (χ4v) is 1.91. The molecule has 0 aliphatic carbocycles.